The smallest absolute Gasteiger partial charge is 0.261 e. The second-order valence-corrected chi connectivity index (χ2v) is 14.6. The van der Waals surface area contributed by atoms with E-state index in [4.69, 9.17) is 21.1 Å². The maximum atomic E-state index is 13.4. The van der Waals surface area contributed by atoms with Crippen molar-refractivity contribution in [2.45, 2.75) is 82.5 Å². The van der Waals surface area contributed by atoms with Crippen LogP contribution >= 0.6 is 23.5 Å². The van der Waals surface area contributed by atoms with Crippen LogP contribution in [0.2, 0.25) is 5.02 Å². The zero-order valence-electron chi connectivity index (χ0n) is 25.2. The van der Waals surface area contributed by atoms with Crippen molar-refractivity contribution in [2.24, 2.45) is 17.8 Å². The van der Waals surface area contributed by atoms with Crippen LogP contribution in [0.25, 0.3) is 0 Å². The van der Waals surface area contributed by atoms with Gasteiger partial charge in [0.05, 0.1) is 18.4 Å². The molecule has 0 radical (unpaired) electrons. The molecule has 42 heavy (non-hydrogen) atoms. The number of carbonyl (C=O) groups excluding carboxylic acids is 1. The molecule has 2 bridgehead atoms. The van der Waals surface area contributed by atoms with Gasteiger partial charge in [-0.25, -0.2) is 0 Å². The first-order valence-electron chi connectivity index (χ1n) is 15.9. The van der Waals surface area contributed by atoms with E-state index in [1.807, 2.05) is 18.2 Å². The maximum absolute atomic E-state index is 13.4. The predicted octanol–water partition coefficient (Wildman–Crippen LogP) is 8.00. The number of fused-ring (bicyclic) bond motifs is 4. The standard InChI is InChI=1S/C35H45ClN2O3S/c1-4-17-40-32-9-5-7-23(2)24(3)42-37-34(39)26-11-15-33-31(19-26)38(20-27-10-13-29(27)32)21-35(22-41-33)16-6-8-25-18-28(36)12-14-30(25)35/h5,9,11-12,14-15,18-19,23-24,27,29,32H,4,6-8,10,13,16-17,20-22H2,1-3H3,(H,37,39)/b9-5+. The molecule has 2 aliphatic carbocycles. The Labute approximate surface area is 260 Å². The summed E-state index contributed by atoms with van der Waals surface area (Å²) in [5.74, 6) is 2.27. The third-order valence-corrected chi connectivity index (χ3v) is 11.5. The van der Waals surface area contributed by atoms with Gasteiger partial charge in [0.2, 0.25) is 0 Å². The fourth-order valence-corrected chi connectivity index (χ4v) is 8.26. The molecule has 226 valence electrons. The minimum absolute atomic E-state index is 0.0457. The van der Waals surface area contributed by atoms with Gasteiger partial charge in [0.25, 0.3) is 5.91 Å². The number of nitrogens with zero attached hydrogens (tertiary/aromatic N) is 1. The van der Waals surface area contributed by atoms with Gasteiger partial charge in [0, 0.05) is 40.9 Å². The third-order valence-electron chi connectivity index (χ3n) is 10.1. The van der Waals surface area contributed by atoms with Gasteiger partial charge in [-0.05, 0) is 116 Å². The van der Waals surface area contributed by atoms with Gasteiger partial charge in [-0.15, -0.1) is 0 Å². The summed E-state index contributed by atoms with van der Waals surface area (Å²) in [7, 11) is 0. The molecule has 6 atom stereocenters. The quantitative estimate of drug-likeness (QED) is 0.283. The van der Waals surface area contributed by atoms with Gasteiger partial charge in [0.15, 0.2) is 0 Å². The fraction of sp³-hybridized carbons (Fsp3) is 0.571. The molecule has 0 aromatic heterocycles. The van der Waals surface area contributed by atoms with Crippen LogP contribution in [0.1, 0.15) is 80.8 Å². The summed E-state index contributed by atoms with van der Waals surface area (Å²) < 4.78 is 16.3. The number of amides is 1. The largest absolute Gasteiger partial charge is 0.490 e. The van der Waals surface area contributed by atoms with E-state index >= 15 is 0 Å². The summed E-state index contributed by atoms with van der Waals surface area (Å²) in [6.07, 6.45) is 12.4. The summed E-state index contributed by atoms with van der Waals surface area (Å²) >= 11 is 7.97. The molecule has 1 saturated carbocycles. The molecular weight excluding hydrogens is 564 g/mol. The molecule has 1 fully saturated rings. The third kappa shape index (κ3) is 6.09. The molecule has 2 aromatic rings. The van der Waals surface area contributed by atoms with E-state index in [-0.39, 0.29) is 17.4 Å². The zero-order valence-corrected chi connectivity index (χ0v) is 26.8. The summed E-state index contributed by atoms with van der Waals surface area (Å²) in [5.41, 5.74) is 4.30. The van der Waals surface area contributed by atoms with Gasteiger partial charge in [-0.1, -0.05) is 50.6 Å². The van der Waals surface area contributed by atoms with Crippen molar-refractivity contribution < 1.29 is 14.3 Å². The number of benzene rings is 2. The second-order valence-electron chi connectivity index (χ2n) is 13.0. The number of halogens is 1. The lowest BCUT2D eigenvalue weighted by atomic mass is 9.68. The molecule has 1 spiro atoms. The molecule has 0 saturated heterocycles. The Kier molecular flexibility index (Phi) is 9.14. The van der Waals surface area contributed by atoms with Crippen LogP contribution in [0.5, 0.6) is 5.75 Å². The maximum Gasteiger partial charge on any atom is 0.261 e. The average molecular weight is 609 g/mol. The van der Waals surface area contributed by atoms with E-state index in [0.29, 0.717) is 35.2 Å². The van der Waals surface area contributed by atoms with Crippen molar-refractivity contribution in [2.75, 3.05) is 31.2 Å². The van der Waals surface area contributed by atoms with Gasteiger partial charge >= 0.3 is 0 Å². The monoisotopic (exact) mass is 608 g/mol. The van der Waals surface area contributed by atoms with Crippen LogP contribution in [0.15, 0.2) is 48.6 Å². The number of hydrogen-bond acceptors (Lipinski definition) is 5. The van der Waals surface area contributed by atoms with Gasteiger partial charge in [-0.3, -0.25) is 9.52 Å². The summed E-state index contributed by atoms with van der Waals surface area (Å²) in [4.78, 5) is 15.9. The number of rotatable bonds is 3. The van der Waals surface area contributed by atoms with Crippen molar-refractivity contribution in [3.8, 4) is 5.75 Å². The van der Waals surface area contributed by atoms with E-state index in [2.05, 4.69) is 60.7 Å². The fourth-order valence-electron chi connectivity index (χ4n) is 7.31. The molecule has 7 heteroatoms. The van der Waals surface area contributed by atoms with Gasteiger partial charge in [-0.2, -0.15) is 0 Å². The number of aryl methyl sites for hydroxylation is 1. The van der Waals surface area contributed by atoms with E-state index in [1.165, 1.54) is 35.9 Å². The molecule has 5 nitrogen and oxygen atoms in total. The zero-order chi connectivity index (χ0) is 29.3. The minimum Gasteiger partial charge on any atom is -0.490 e. The summed E-state index contributed by atoms with van der Waals surface area (Å²) in [6.45, 7) is 9.85. The predicted molar refractivity (Wildman–Crippen MR) is 174 cm³/mol. The molecular formula is C35H45ClN2O3S. The number of anilines is 1. The van der Waals surface area contributed by atoms with Crippen molar-refractivity contribution in [1.29, 1.82) is 0 Å². The molecule has 1 amide bonds. The summed E-state index contributed by atoms with van der Waals surface area (Å²) in [5, 5.41) is 1.09. The highest BCUT2D eigenvalue weighted by Gasteiger charge is 2.44. The Morgan fingerprint density at radius 1 is 1.19 bits per heavy atom. The van der Waals surface area contributed by atoms with E-state index in [0.717, 1.165) is 68.3 Å². The lowest BCUT2D eigenvalue weighted by Crippen LogP contribution is -2.49. The molecule has 2 aromatic carbocycles. The Morgan fingerprint density at radius 3 is 2.88 bits per heavy atom. The molecule has 6 rings (SSSR count). The highest BCUT2D eigenvalue weighted by atomic mass is 35.5. The van der Waals surface area contributed by atoms with Crippen LogP contribution in [-0.2, 0) is 16.6 Å². The van der Waals surface area contributed by atoms with Crippen LogP contribution in [0.3, 0.4) is 0 Å². The normalized spacial score (nSPS) is 32.0. The Hall–Kier alpha value is -2.15. The van der Waals surface area contributed by atoms with Crippen molar-refractivity contribution >= 4 is 35.1 Å². The van der Waals surface area contributed by atoms with Crippen molar-refractivity contribution in [1.82, 2.24) is 4.72 Å². The second kappa shape index (κ2) is 12.8. The highest BCUT2D eigenvalue weighted by molar-refractivity contribution is 7.98. The molecule has 2 aliphatic heterocycles. The van der Waals surface area contributed by atoms with Crippen LogP contribution < -0.4 is 14.4 Å². The van der Waals surface area contributed by atoms with Crippen molar-refractivity contribution in [3.63, 3.8) is 0 Å². The van der Waals surface area contributed by atoms with E-state index in [9.17, 15) is 4.79 Å². The number of allylic oxidation sites excluding steroid dienone is 1. The van der Waals surface area contributed by atoms with Crippen LogP contribution in [0.4, 0.5) is 5.69 Å². The Morgan fingerprint density at radius 2 is 2.07 bits per heavy atom. The van der Waals surface area contributed by atoms with Gasteiger partial charge in [0.1, 0.15) is 5.75 Å². The molecule has 6 unspecified atom stereocenters. The van der Waals surface area contributed by atoms with Crippen LogP contribution in [-0.4, -0.2) is 43.6 Å². The molecule has 2 heterocycles. The average Bonchev–Trinajstić information content (AvgIpc) is 3.12. The topological polar surface area (TPSA) is 50.8 Å². The summed E-state index contributed by atoms with van der Waals surface area (Å²) in [6, 6.07) is 12.4. The van der Waals surface area contributed by atoms with Crippen molar-refractivity contribution in [3.05, 3.63) is 70.3 Å². The number of ether oxygens (including phenoxy) is 2. The van der Waals surface area contributed by atoms with Crippen LogP contribution in [0, 0.1) is 17.8 Å². The minimum atomic E-state index is -0.126. The number of carbonyl (C=O) groups is 1. The van der Waals surface area contributed by atoms with E-state index in [1.54, 1.807) is 0 Å². The Bertz CT molecular complexity index is 1320. The number of hydrogen-bond donors (Lipinski definition) is 1. The Balaban J connectivity index is 1.39. The lowest BCUT2D eigenvalue weighted by molar-refractivity contribution is -0.0138. The highest BCUT2D eigenvalue weighted by Crippen LogP contribution is 2.47. The first-order chi connectivity index (χ1) is 20.4. The van der Waals surface area contributed by atoms with Gasteiger partial charge < -0.3 is 14.4 Å². The SMILES string of the molecule is CCCOC1/C=C/CC(C)C(C)SNC(=O)c2ccc3c(c2)N(CC2CCC21)CC1(CCCc2cc(Cl)ccc21)CO3. The molecule has 4 aliphatic rings. The first-order valence-corrected chi connectivity index (χ1v) is 17.2. The molecule has 1 N–H and O–H groups in total. The number of nitrogens with one attached hydrogen (secondary N) is 1. The lowest BCUT2D eigenvalue weighted by Gasteiger charge is -2.46. The first kappa shape index (κ1) is 29.9. The van der Waals surface area contributed by atoms with E-state index < -0.39 is 0 Å².